The van der Waals surface area contributed by atoms with E-state index >= 15 is 0 Å². The summed E-state index contributed by atoms with van der Waals surface area (Å²) in [6.07, 6.45) is 11.5. The predicted octanol–water partition coefficient (Wildman–Crippen LogP) is 2.25. The third-order valence-electron chi connectivity index (χ3n) is 3.00. The van der Waals surface area contributed by atoms with E-state index in [1.165, 1.54) is 31.3 Å². The summed E-state index contributed by atoms with van der Waals surface area (Å²) in [5, 5.41) is 4.21. The molecule has 0 spiro atoms. The van der Waals surface area contributed by atoms with Crippen molar-refractivity contribution in [1.29, 1.82) is 0 Å². The Bertz CT molecular complexity index is 406. The highest BCUT2D eigenvalue weighted by Crippen LogP contribution is 2.30. The van der Waals surface area contributed by atoms with Gasteiger partial charge >= 0.3 is 0 Å². The van der Waals surface area contributed by atoms with E-state index in [2.05, 4.69) is 21.9 Å². The molecule has 2 aromatic rings. The Morgan fingerprint density at radius 1 is 1.23 bits per heavy atom. The fourth-order valence-electron chi connectivity index (χ4n) is 2.33. The molecule has 1 fully saturated rings. The van der Waals surface area contributed by atoms with Crippen LogP contribution in [0, 0.1) is 0 Å². The maximum absolute atomic E-state index is 4.21. The Balaban J connectivity index is 2.09. The number of nitrogens with zero attached hydrogens (tertiary/aromatic N) is 3. The summed E-state index contributed by atoms with van der Waals surface area (Å²) in [7, 11) is 0. The van der Waals surface area contributed by atoms with Crippen molar-refractivity contribution >= 4 is 5.65 Å². The van der Waals surface area contributed by atoms with Crippen LogP contribution in [0.1, 0.15) is 31.7 Å². The van der Waals surface area contributed by atoms with Gasteiger partial charge in [-0.3, -0.25) is 0 Å². The lowest BCUT2D eigenvalue weighted by Crippen LogP contribution is -2.02. The molecule has 2 aromatic heterocycles. The fraction of sp³-hybridized carbons (Fsp3) is 0.500. The highest BCUT2D eigenvalue weighted by atomic mass is 15.3. The molecular weight excluding hydrogens is 162 g/mol. The molecule has 0 saturated heterocycles. The van der Waals surface area contributed by atoms with Crippen LogP contribution in [0.4, 0.5) is 0 Å². The summed E-state index contributed by atoms with van der Waals surface area (Å²) in [5.41, 5.74) is 1.23. The van der Waals surface area contributed by atoms with E-state index in [4.69, 9.17) is 0 Å². The van der Waals surface area contributed by atoms with E-state index in [0.717, 1.165) is 0 Å². The Kier molecular flexibility index (Phi) is 1.45. The van der Waals surface area contributed by atoms with Crippen LogP contribution in [0.25, 0.3) is 5.65 Å². The van der Waals surface area contributed by atoms with Gasteiger partial charge in [-0.25, -0.2) is 4.52 Å². The maximum atomic E-state index is 4.21. The topological polar surface area (TPSA) is 22.2 Å². The van der Waals surface area contributed by atoms with Gasteiger partial charge in [0.05, 0.1) is 6.20 Å². The molecule has 1 aliphatic carbocycles. The van der Waals surface area contributed by atoms with Crippen molar-refractivity contribution < 1.29 is 0 Å². The molecule has 0 aliphatic heterocycles. The Morgan fingerprint density at radius 3 is 2.92 bits per heavy atom. The molecule has 3 heteroatoms. The standard InChI is InChI=1S/C10H13N3/c1-2-4-9(3-1)12-7-8-13-10(12)5-6-11-13/h5-9H,1-4H2. The van der Waals surface area contributed by atoms with Crippen LogP contribution in [0.5, 0.6) is 0 Å². The molecule has 1 aliphatic rings. The van der Waals surface area contributed by atoms with Gasteiger partial charge in [-0.2, -0.15) is 5.10 Å². The molecule has 0 radical (unpaired) electrons. The van der Waals surface area contributed by atoms with Crippen molar-refractivity contribution in [2.24, 2.45) is 0 Å². The van der Waals surface area contributed by atoms with Crippen LogP contribution < -0.4 is 0 Å². The zero-order valence-corrected chi connectivity index (χ0v) is 7.56. The molecule has 1 saturated carbocycles. The first-order chi connectivity index (χ1) is 6.45. The van der Waals surface area contributed by atoms with Gasteiger partial charge in [0.1, 0.15) is 5.65 Å². The smallest absolute Gasteiger partial charge is 0.135 e. The molecule has 13 heavy (non-hydrogen) atoms. The monoisotopic (exact) mass is 175 g/mol. The van der Waals surface area contributed by atoms with Gasteiger partial charge in [-0.05, 0) is 12.8 Å². The lowest BCUT2D eigenvalue weighted by atomic mass is 10.2. The molecule has 3 rings (SSSR count). The molecular formula is C10H13N3. The highest BCUT2D eigenvalue weighted by molar-refractivity contribution is 5.38. The molecule has 0 atom stereocenters. The Morgan fingerprint density at radius 2 is 2.08 bits per heavy atom. The van der Waals surface area contributed by atoms with Crippen LogP contribution >= 0.6 is 0 Å². The normalized spacial score (nSPS) is 18.8. The molecule has 3 nitrogen and oxygen atoms in total. The van der Waals surface area contributed by atoms with Crippen molar-refractivity contribution in [3.05, 3.63) is 24.7 Å². The second kappa shape index (κ2) is 2.62. The summed E-state index contributed by atoms with van der Waals surface area (Å²) in [6.45, 7) is 0. The van der Waals surface area contributed by atoms with Crippen molar-refractivity contribution in [3.8, 4) is 0 Å². The minimum absolute atomic E-state index is 0.717. The quantitative estimate of drug-likeness (QED) is 0.651. The largest absolute Gasteiger partial charge is 0.328 e. The van der Waals surface area contributed by atoms with Crippen LogP contribution in [0.2, 0.25) is 0 Å². The van der Waals surface area contributed by atoms with E-state index in [0.29, 0.717) is 6.04 Å². The molecule has 0 unspecified atom stereocenters. The van der Waals surface area contributed by atoms with Crippen LogP contribution in [-0.2, 0) is 0 Å². The van der Waals surface area contributed by atoms with Gasteiger partial charge in [0, 0.05) is 24.5 Å². The summed E-state index contributed by atoms with van der Waals surface area (Å²) in [5.74, 6) is 0. The number of fused-ring (bicyclic) bond motifs is 1. The van der Waals surface area contributed by atoms with Crippen molar-refractivity contribution in [1.82, 2.24) is 14.2 Å². The highest BCUT2D eigenvalue weighted by Gasteiger charge is 2.17. The van der Waals surface area contributed by atoms with Gasteiger partial charge in [-0.1, -0.05) is 12.8 Å². The third kappa shape index (κ3) is 0.996. The van der Waals surface area contributed by atoms with Gasteiger partial charge in [-0.15, -0.1) is 0 Å². The summed E-state index contributed by atoms with van der Waals surface area (Å²) in [4.78, 5) is 0. The van der Waals surface area contributed by atoms with Gasteiger partial charge < -0.3 is 4.57 Å². The fourth-order valence-corrected chi connectivity index (χ4v) is 2.33. The number of hydrogen-bond donors (Lipinski definition) is 0. The summed E-state index contributed by atoms with van der Waals surface area (Å²) < 4.78 is 4.30. The van der Waals surface area contributed by atoms with E-state index < -0.39 is 0 Å². The predicted molar refractivity (Wildman–Crippen MR) is 50.7 cm³/mol. The summed E-state index contributed by atoms with van der Waals surface area (Å²) in [6, 6.07) is 2.80. The number of hydrogen-bond acceptors (Lipinski definition) is 1. The maximum Gasteiger partial charge on any atom is 0.135 e. The molecule has 0 aromatic carbocycles. The average molecular weight is 175 g/mol. The SMILES string of the molecule is c1cc2n(C3CCCC3)ccn2n1. The summed E-state index contributed by atoms with van der Waals surface area (Å²) >= 11 is 0. The van der Waals surface area contributed by atoms with Crippen molar-refractivity contribution in [3.63, 3.8) is 0 Å². The second-order valence-corrected chi connectivity index (χ2v) is 3.78. The van der Waals surface area contributed by atoms with Gasteiger partial charge in [0.2, 0.25) is 0 Å². The number of aromatic nitrogens is 3. The van der Waals surface area contributed by atoms with Crippen LogP contribution in [0.15, 0.2) is 24.7 Å². The van der Waals surface area contributed by atoms with E-state index in [-0.39, 0.29) is 0 Å². The minimum Gasteiger partial charge on any atom is -0.328 e. The van der Waals surface area contributed by atoms with Crippen LogP contribution in [0.3, 0.4) is 0 Å². The van der Waals surface area contributed by atoms with Crippen LogP contribution in [-0.4, -0.2) is 14.2 Å². The Labute approximate surface area is 77.0 Å². The molecule has 0 N–H and O–H groups in total. The molecule has 0 bridgehead atoms. The second-order valence-electron chi connectivity index (χ2n) is 3.78. The lowest BCUT2D eigenvalue weighted by Gasteiger charge is -2.10. The van der Waals surface area contributed by atoms with E-state index in [9.17, 15) is 0 Å². The first-order valence-corrected chi connectivity index (χ1v) is 4.95. The van der Waals surface area contributed by atoms with Gasteiger partial charge in [0.25, 0.3) is 0 Å². The van der Waals surface area contributed by atoms with E-state index in [1.807, 2.05) is 16.9 Å². The van der Waals surface area contributed by atoms with Gasteiger partial charge in [0.15, 0.2) is 0 Å². The third-order valence-corrected chi connectivity index (χ3v) is 3.00. The molecule has 0 amide bonds. The average Bonchev–Trinajstić information content (AvgIpc) is 2.79. The number of imidazole rings is 1. The number of rotatable bonds is 1. The Hall–Kier alpha value is -1.25. The first-order valence-electron chi connectivity index (χ1n) is 4.95. The lowest BCUT2D eigenvalue weighted by molar-refractivity contribution is 0.533. The zero-order valence-electron chi connectivity index (χ0n) is 7.56. The zero-order chi connectivity index (χ0) is 8.67. The van der Waals surface area contributed by atoms with Crippen molar-refractivity contribution in [2.75, 3.05) is 0 Å². The minimum atomic E-state index is 0.717. The van der Waals surface area contributed by atoms with E-state index in [1.54, 1.807) is 0 Å². The molecule has 2 heterocycles. The van der Waals surface area contributed by atoms with Crippen molar-refractivity contribution in [2.45, 2.75) is 31.7 Å². The molecule has 68 valence electrons. The first kappa shape index (κ1) is 7.18.